The highest BCUT2D eigenvalue weighted by Crippen LogP contribution is 2.28. The van der Waals surface area contributed by atoms with Gasteiger partial charge in [-0.25, -0.2) is 0 Å². The van der Waals surface area contributed by atoms with Crippen LogP contribution < -0.4 is 15.0 Å². The number of rotatable bonds is 5. The Hall–Kier alpha value is -3.93. The average Bonchev–Trinajstić information content (AvgIpc) is 2.88. The normalized spacial score (nSPS) is 15.9. The Labute approximate surface area is 193 Å². The largest absolute Gasteiger partial charge is 0.496 e. The minimum absolute atomic E-state index is 0.0368. The van der Waals surface area contributed by atoms with Crippen molar-refractivity contribution in [2.75, 3.05) is 25.1 Å². The van der Waals surface area contributed by atoms with E-state index in [2.05, 4.69) is 26.5 Å². The Morgan fingerprint density at radius 1 is 0.970 bits per heavy atom. The first-order valence-electron chi connectivity index (χ1n) is 11.2. The Balaban J connectivity index is 1.27. The summed E-state index contributed by atoms with van der Waals surface area (Å²) in [7, 11) is 1.65. The van der Waals surface area contributed by atoms with Crippen LogP contribution in [0.2, 0.25) is 0 Å². The lowest BCUT2D eigenvalue weighted by molar-refractivity contribution is 0.0933. The second kappa shape index (κ2) is 9.28. The Bertz CT molecular complexity index is 1270. The van der Waals surface area contributed by atoms with Crippen LogP contribution in [0, 0.1) is 0 Å². The van der Waals surface area contributed by atoms with Crippen molar-refractivity contribution in [3.05, 3.63) is 84.4 Å². The summed E-state index contributed by atoms with van der Waals surface area (Å²) in [6.45, 7) is 1.60. The first-order valence-corrected chi connectivity index (χ1v) is 11.2. The van der Waals surface area contributed by atoms with Gasteiger partial charge in [-0.3, -0.25) is 4.79 Å². The molecular formula is C27H26N4O2. The third-order valence-corrected chi connectivity index (χ3v) is 6.13. The highest BCUT2D eigenvalue weighted by molar-refractivity contribution is 5.98. The molecule has 3 aromatic carbocycles. The van der Waals surface area contributed by atoms with Crippen molar-refractivity contribution >= 4 is 22.5 Å². The van der Waals surface area contributed by atoms with Crippen molar-refractivity contribution in [2.24, 2.45) is 0 Å². The molecule has 1 aliphatic heterocycles. The predicted molar refractivity (Wildman–Crippen MR) is 131 cm³/mol. The van der Waals surface area contributed by atoms with E-state index in [1.165, 1.54) is 0 Å². The van der Waals surface area contributed by atoms with Crippen LogP contribution in [-0.4, -0.2) is 42.3 Å². The molecule has 6 nitrogen and oxygen atoms in total. The Morgan fingerprint density at radius 3 is 2.61 bits per heavy atom. The molecule has 0 bridgehead atoms. The molecule has 0 spiro atoms. The molecule has 166 valence electrons. The maximum atomic E-state index is 12.9. The van der Waals surface area contributed by atoms with E-state index in [1.807, 2.05) is 72.8 Å². The van der Waals surface area contributed by atoms with Crippen molar-refractivity contribution in [1.29, 1.82) is 0 Å². The molecule has 1 saturated heterocycles. The summed E-state index contributed by atoms with van der Waals surface area (Å²) in [4.78, 5) is 15.1. The first kappa shape index (κ1) is 20.9. The molecule has 1 aromatic heterocycles. The summed E-state index contributed by atoms with van der Waals surface area (Å²) in [6, 6.07) is 25.7. The van der Waals surface area contributed by atoms with Crippen LogP contribution in [0.25, 0.3) is 22.0 Å². The first-order chi connectivity index (χ1) is 16.2. The van der Waals surface area contributed by atoms with Gasteiger partial charge in [0, 0.05) is 30.3 Å². The van der Waals surface area contributed by atoms with E-state index < -0.39 is 0 Å². The highest BCUT2D eigenvalue weighted by atomic mass is 16.5. The number of nitrogens with zero attached hydrogens (tertiary/aromatic N) is 3. The summed E-state index contributed by atoms with van der Waals surface area (Å²) in [5.74, 6) is 1.55. The van der Waals surface area contributed by atoms with Gasteiger partial charge >= 0.3 is 0 Å². The topological polar surface area (TPSA) is 67.3 Å². The average molecular weight is 439 g/mol. The zero-order chi connectivity index (χ0) is 22.6. The second-order valence-electron chi connectivity index (χ2n) is 8.30. The van der Waals surface area contributed by atoms with Gasteiger partial charge in [-0.1, -0.05) is 42.5 Å². The molecule has 1 N–H and O–H groups in total. The monoisotopic (exact) mass is 438 g/mol. The van der Waals surface area contributed by atoms with Crippen molar-refractivity contribution in [3.63, 3.8) is 0 Å². The highest BCUT2D eigenvalue weighted by Gasteiger charge is 2.23. The van der Waals surface area contributed by atoms with Crippen molar-refractivity contribution in [1.82, 2.24) is 15.5 Å². The minimum Gasteiger partial charge on any atom is -0.496 e. The third-order valence-electron chi connectivity index (χ3n) is 6.13. The lowest BCUT2D eigenvalue weighted by atomic mass is 10.0. The van der Waals surface area contributed by atoms with Crippen LogP contribution in [0.15, 0.2) is 78.9 Å². The Morgan fingerprint density at radius 2 is 1.79 bits per heavy atom. The summed E-state index contributed by atoms with van der Waals surface area (Å²) >= 11 is 0. The molecule has 1 amide bonds. The van der Waals surface area contributed by atoms with Crippen LogP contribution in [0.1, 0.15) is 23.2 Å². The molecule has 1 unspecified atom stereocenters. The summed E-state index contributed by atoms with van der Waals surface area (Å²) in [5, 5.41) is 14.3. The number of carbonyl (C=O) groups is 1. The molecule has 0 radical (unpaired) electrons. The zero-order valence-electron chi connectivity index (χ0n) is 18.6. The van der Waals surface area contributed by atoms with Crippen molar-refractivity contribution in [2.45, 2.75) is 18.9 Å². The third kappa shape index (κ3) is 4.51. The van der Waals surface area contributed by atoms with Gasteiger partial charge in [-0.05, 0) is 60.0 Å². The van der Waals surface area contributed by atoms with Crippen molar-refractivity contribution in [3.8, 4) is 17.0 Å². The number of methoxy groups -OCH3 is 1. The SMILES string of the molecule is COc1ccccc1-c1ccc(N2CCCC(NC(=O)c3ccc4ccccc4c3)C2)nn1. The number of aromatic nitrogens is 2. The number of amides is 1. The van der Waals surface area contributed by atoms with E-state index in [0.29, 0.717) is 12.1 Å². The molecule has 0 aliphatic carbocycles. The van der Waals surface area contributed by atoms with Gasteiger partial charge in [-0.2, -0.15) is 0 Å². The molecule has 2 heterocycles. The molecule has 1 aliphatic rings. The van der Waals surface area contributed by atoms with Crippen LogP contribution in [0.3, 0.4) is 0 Å². The number of hydrogen-bond donors (Lipinski definition) is 1. The maximum absolute atomic E-state index is 12.9. The minimum atomic E-state index is -0.0368. The Kier molecular flexibility index (Phi) is 5.89. The molecular weight excluding hydrogens is 412 g/mol. The second-order valence-corrected chi connectivity index (χ2v) is 8.30. The number of anilines is 1. The summed E-state index contributed by atoms with van der Waals surface area (Å²) in [5.41, 5.74) is 2.37. The predicted octanol–water partition coefficient (Wildman–Crippen LogP) is 4.70. The van der Waals surface area contributed by atoms with Gasteiger partial charge in [0.2, 0.25) is 0 Å². The molecule has 4 aromatic rings. The van der Waals surface area contributed by atoms with Gasteiger partial charge in [0.05, 0.1) is 12.8 Å². The van der Waals surface area contributed by atoms with E-state index in [0.717, 1.165) is 53.0 Å². The number of carbonyl (C=O) groups excluding carboxylic acids is 1. The van der Waals surface area contributed by atoms with Crippen LogP contribution >= 0.6 is 0 Å². The van der Waals surface area contributed by atoms with Gasteiger partial charge in [0.15, 0.2) is 5.82 Å². The fourth-order valence-electron chi connectivity index (χ4n) is 4.40. The standard InChI is InChI=1S/C27H26N4O2/c1-33-25-11-5-4-10-23(25)24-14-15-26(30-29-24)31-16-6-9-22(18-31)28-27(32)21-13-12-19-7-2-3-8-20(19)17-21/h2-5,7-8,10-15,17,22H,6,9,16,18H2,1H3,(H,28,32). The van der Waals surface area contributed by atoms with E-state index in [-0.39, 0.29) is 11.9 Å². The number of fused-ring (bicyclic) bond motifs is 1. The summed E-state index contributed by atoms with van der Waals surface area (Å²) in [6.07, 6.45) is 1.93. The van der Waals surface area contributed by atoms with Gasteiger partial charge < -0.3 is 15.0 Å². The quantitative estimate of drug-likeness (QED) is 0.489. The number of nitrogens with one attached hydrogen (secondary N) is 1. The van der Waals surface area contributed by atoms with E-state index in [9.17, 15) is 4.79 Å². The number of hydrogen-bond acceptors (Lipinski definition) is 5. The molecule has 1 fully saturated rings. The smallest absolute Gasteiger partial charge is 0.251 e. The number of ether oxygens (including phenoxy) is 1. The van der Waals surface area contributed by atoms with Crippen LogP contribution in [-0.2, 0) is 0 Å². The number of benzene rings is 3. The molecule has 6 heteroatoms. The summed E-state index contributed by atoms with van der Waals surface area (Å²) < 4.78 is 5.44. The lowest BCUT2D eigenvalue weighted by Gasteiger charge is -2.33. The lowest BCUT2D eigenvalue weighted by Crippen LogP contribution is -2.48. The van der Waals surface area contributed by atoms with E-state index >= 15 is 0 Å². The number of piperidine rings is 1. The van der Waals surface area contributed by atoms with E-state index in [1.54, 1.807) is 7.11 Å². The van der Waals surface area contributed by atoms with Crippen LogP contribution in [0.4, 0.5) is 5.82 Å². The molecule has 33 heavy (non-hydrogen) atoms. The van der Waals surface area contributed by atoms with E-state index in [4.69, 9.17) is 4.74 Å². The molecule has 0 saturated carbocycles. The van der Waals surface area contributed by atoms with Gasteiger partial charge in [-0.15, -0.1) is 10.2 Å². The molecule has 1 atom stereocenters. The molecule has 5 rings (SSSR count). The van der Waals surface area contributed by atoms with Crippen molar-refractivity contribution < 1.29 is 9.53 Å². The van der Waals surface area contributed by atoms with Crippen LogP contribution in [0.5, 0.6) is 5.75 Å². The van der Waals surface area contributed by atoms with Gasteiger partial charge in [0.25, 0.3) is 5.91 Å². The maximum Gasteiger partial charge on any atom is 0.251 e. The number of para-hydroxylation sites is 1. The van der Waals surface area contributed by atoms with Gasteiger partial charge in [0.1, 0.15) is 5.75 Å². The zero-order valence-corrected chi connectivity index (χ0v) is 18.6. The fraction of sp³-hybridized carbons (Fsp3) is 0.222. The fourth-order valence-corrected chi connectivity index (χ4v) is 4.40.